The van der Waals surface area contributed by atoms with Crippen LogP contribution in [0.2, 0.25) is 0 Å². The maximum atomic E-state index is 14.4. The van der Waals surface area contributed by atoms with E-state index in [0.29, 0.717) is 5.56 Å². The molecule has 0 aliphatic rings. The Bertz CT molecular complexity index is 947. The van der Waals surface area contributed by atoms with Gasteiger partial charge in [-0.2, -0.15) is 0 Å². The van der Waals surface area contributed by atoms with Crippen molar-refractivity contribution in [1.29, 1.82) is 0 Å². The first-order valence-corrected chi connectivity index (χ1v) is 11.8. The molecule has 0 saturated heterocycles. The van der Waals surface area contributed by atoms with Crippen LogP contribution in [-0.4, -0.2) is 0 Å². The summed E-state index contributed by atoms with van der Waals surface area (Å²) in [6.07, 6.45) is 0.822. The first kappa shape index (κ1) is 18.6. The van der Waals surface area contributed by atoms with Gasteiger partial charge in [0.2, 0.25) is 0 Å². The second kappa shape index (κ2) is 8.09. The van der Waals surface area contributed by atoms with E-state index in [-0.39, 0.29) is 5.82 Å². The SMILES string of the molecule is Cc1ccc(C[PH](c2ccccc2)(c2ccccc2)c2ccccc2)cc1F. The Morgan fingerprint density at radius 3 is 1.43 bits per heavy atom. The van der Waals surface area contributed by atoms with E-state index in [1.807, 2.05) is 13.0 Å². The number of hydrogen-bond acceptors (Lipinski definition) is 0. The third-order valence-corrected chi connectivity index (χ3v) is 10.4. The van der Waals surface area contributed by atoms with Crippen LogP contribution in [0.15, 0.2) is 109 Å². The van der Waals surface area contributed by atoms with E-state index in [2.05, 4.69) is 97.1 Å². The molecule has 0 saturated carbocycles. The van der Waals surface area contributed by atoms with Crippen LogP contribution in [0.3, 0.4) is 0 Å². The second-order valence-electron chi connectivity index (χ2n) is 7.26. The first-order chi connectivity index (χ1) is 13.7. The Hall–Kier alpha value is -2.76. The minimum absolute atomic E-state index is 0.130. The van der Waals surface area contributed by atoms with Gasteiger partial charge in [0.1, 0.15) is 0 Å². The minimum atomic E-state index is -2.37. The van der Waals surface area contributed by atoms with E-state index >= 15 is 0 Å². The first-order valence-electron chi connectivity index (χ1n) is 9.62. The molecule has 0 heterocycles. The molecule has 0 spiro atoms. The van der Waals surface area contributed by atoms with Gasteiger partial charge < -0.3 is 0 Å². The maximum absolute atomic E-state index is 14.4. The fourth-order valence-corrected chi connectivity index (χ4v) is 8.76. The summed E-state index contributed by atoms with van der Waals surface area (Å²) in [6.45, 7) is 1.81. The van der Waals surface area contributed by atoms with Gasteiger partial charge in [-0.3, -0.25) is 0 Å². The van der Waals surface area contributed by atoms with Crippen molar-refractivity contribution in [2.24, 2.45) is 0 Å². The summed E-state index contributed by atoms with van der Waals surface area (Å²) in [5.74, 6) is -0.130. The normalized spacial score (nSPS) is 11.9. The van der Waals surface area contributed by atoms with E-state index in [0.717, 1.165) is 11.7 Å². The molecular weight excluding hydrogens is 362 g/mol. The van der Waals surface area contributed by atoms with Crippen LogP contribution in [-0.2, 0) is 6.16 Å². The molecule has 0 radical (unpaired) electrons. The molecule has 0 atom stereocenters. The summed E-state index contributed by atoms with van der Waals surface area (Å²) < 4.78 is 14.4. The number of benzene rings is 4. The van der Waals surface area contributed by atoms with Gasteiger partial charge in [0.15, 0.2) is 0 Å². The molecular formula is C26H24FP. The monoisotopic (exact) mass is 386 g/mol. The van der Waals surface area contributed by atoms with E-state index < -0.39 is 7.26 Å². The number of rotatable bonds is 5. The average Bonchev–Trinajstić information content (AvgIpc) is 2.76. The van der Waals surface area contributed by atoms with E-state index in [4.69, 9.17) is 0 Å². The van der Waals surface area contributed by atoms with Crippen molar-refractivity contribution < 1.29 is 4.39 Å². The van der Waals surface area contributed by atoms with Gasteiger partial charge in [0.25, 0.3) is 0 Å². The van der Waals surface area contributed by atoms with E-state index in [1.54, 1.807) is 6.07 Å². The van der Waals surface area contributed by atoms with Crippen molar-refractivity contribution in [2.75, 3.05) is 0 Å². The molecule has 4 aromatic carbocycles. The standard InChI is InChI=1S/C26H24FP/c1-21-17-18-22(19-26(21)27)20-28(23-11-5-2-6-12-23,24-13-7-3-8-14-24)25-15-9-4-10-16-25/h2-19,28H,20H2,1H3. The second-order valence-corrected chi connectivity index (χ2v) is 11.2. The van der Waals surface area contributed by atoms with Crippen molar-refractivity contribution in [3.8, 4) is 0 Å². The van der Waals surface area contributed by atoms with Crippen molar-refractivity contribution >= 4 is 23.2 Å². The quantitative estimate of drug-likeness (QED) is 0.405. The molecule has 0 amide bonds. The van der Waals surface area contributed by atoms with Gasteiger partial charge >= 0.3 is 167 Å². The summed E-state index contributed by atoms with van der Waals surface area (Å²) in [4.78, 5) is 0. The summed E-state index contributed by atoms with van der Waals surface area (Å²) in [7, 11) is -2.37. The summed E-state index contributed by atoms with van der Waals surface area (Å²) in [6, 6.07) is 37.9. The molecule has 140 valence electrons. The molecule has 0 aliphatic heterocycles. The molecule has 4 rings (SSSR count). The summed E-state index contributed by atoms with van der Waals surface area (Å²) >= 11 is 0. The van der Waals surface area contributed by atoms with Crippen molar-refractivity contribution in [3.05, 3.63) is 126 Å². The molecule has 0 bridgehead atoms. The van der Waals surface area contributed by atoms with Crippen LogP contribution >= 0.6 is 7.26 Å². The number of halogens is 1. The number of hydrogen-bond donors (Lipinski definition) is 0. The van der Waals surface area contributed by atoms with Crippen LogP contribution in [0.25, 0.3) is 0 Å². The molecule has 0 N–H and O–H groups in total. The van der Waals surface area contributed by atoms with Crippen LogP contribution in [0.4, 0.5) is 4.39 Å². The van der Waals surface area contributed by atoms with Gasteiger partial charge in [0, 0.05) is 0 Å². The fraction of sp³-hybridized carbons (Fsp3) is 0.0769. The topological polar surface area (TPSA) is 0 Å². The zero-order valence-corrected chi connectivity index (χ0v) is 17.0. The van der Waals surface area contributed by atoms with Gasteiger partial charge in [-0.25, -0.2) is 0 Å². The molecule has 0 aliphatic carbocycles. The summed E-state index contributed by atoms with van der Waals surface area (Å²) in [5, 5.41) is 4.02. The number of aryl methyl sites for hydroxylation is 1. The van der Waals surface area contributed by atoms with E-state index in [1.165, 1.54) is 15.9 Å². The van der Waals surface area contributed by atoms with Gasteiger partial charge in [-0.05, 0) is 0 Å². The predicted octanol–water partition coefficient (Wildman–Crippen LogP) is 5.36. The molecule has 0 nitrogen and oxygen atoms in total. The molecule has 28 heavy (non-hydrogen) atoms. The third kappa shape index (κ3) is 3.51. The Morgan fingerprint density at radius 1 is 0.607 bits per heavy atom. The van der Waals surface area contributed by atoms with Gasteiger partial charge in [-0.1, -0.05) is 0 Å². The van der Waals surface area contributed by atoms with Crippen molar-refractivity contribution in [1.82, 2.24) is 0 Å². The average molecular weight is 386 g/mol. The molecule has 2 heteroatoms. The van der Waals surface area contributed by atoms with Crippen LogP contribution < -0.4 is 15.9 Å². The zero-order chi connectivity index (χ0) is 19.4. The van der Waals surface area contributed by atoms with E-state index in [9.17, 15) is 4.39 Å². The zero-order valence-electron chi connectivity index (χ0n) is 16.0. The van der Waals surface area contributed by atoms with Crippen LogP contribution in [0, 0.1) is 12.7 Å². The molecule has 0 aromatic heterocycles. The molecule has 0 fully saturated rings. The Balaban J connectivity index is 1.99. The molecule has 4 aromatic rings. The van der Waals surface area contributed by atoms with Gasteiger partial charge in [-0.15, -0.1) is 0 Å². The van der Waals surface area contributed by atoms with Gasteiger partial charge in [0.05, 0.1) is 0 Å². The predicted molar refractivity (Wildman–Crippen MR) is 121 cm³/mol. The Morgan fingerprint density at radius 2 is 1.04 bits per heavy atom. The Kier molecular flexibility index (Phi) is 5.37. The van der Waals surface area contributed by atoms with Crippen LogP contribution in [0.1, 0.15) is 11.1 Å². The van der Waals surface area contributed by atoms with Crippen molar-refractivity contribution in [2.45, 2.75) is 13.1 Å². The van der Waals surface area contributed by atoms with Crippen molar-refractivity contribution in [3.63, 3.8) is 0 Å². The third-order valence-electron chi connectivity index (χ3n) is 5.51. The Labute approximate surface area is 167 Å². The van der Waals surface area contributed by atoms with Crippen LogP contribution in [0.5, 0.6) is 0 Å². The summed E-state index contributed by atoms with van der Waals surface area (Å²) in [5.41, 5.74) is 1.74. The fourth-order valence-electron chi connectivity index (χ4n) is 4.03. The molecule has 0 unspecified atom stereocenters.